The fourth-order valence-corrected chi connectivity index (χ4v) is 1.10. The van der Waals surface area contributed by atoms with E-state index in [0.29, 0.717) is 0 Å². The van der Waals surface area contributed by atoms with Gasteiger partial charge in [-0.3, -0.25) is 4.74 Å². The molecule has 0 radical (unpaired) electrons. The number of aliphatic hydroxyl groups excluding tert-OH is 1. The van der Waals surface area contributed by atoms with E-state index < -0.39 is 49.6 Å². The number of halogens is 13. The molecular formula is C8H5F13O3. The third-order valence-corrected chi connectivity index (χ3v) is 2.14. The molecule has 0 bridgehead atoms. The Hall–Kier alpha value is -1.03. The number of hydrogen-bond donors (Lipinski definition) is 1. The summed E-state index contributed by atoms with van der Waals surface area (Å²) >= 11 is 0. The maximum absolute atomic E-state index is 13.3. The first-order valence-electron chi connectivity index (χ1n) is 5.19. The maximum Gasteiger partial charge on any atom is 0.525 e. The number of aliphatic hydroxyl groups is 1. The van der Waals surface area contributed by atoms with E-state index >= 15 is 0 Å². The van der Waals surface area contributed by atoms with Gasteiger partial charge < -0.3 is 5.11 Å². The standard InChI is InChI=1S/C8H5F13O3/c9-3(1-2-22,5(11,12)13)23-7(17,18)4(10,6(14,15)16)24-8(19,20)21/h22H,1-2H2. The lowest BCUT2D eigenvalue weighted by Crippen LogP contribution is -2.64. The second-order valence-corrected chi connectivity index (χ2v) is 3.96. The average molecular weight is 396 g/mol. The van der Waals surface area contributed by atoms with E-state index in [-0.39, 0.29) is 0 Å². The largest absolute Gasteiger partial charge is 0.525 e. The normalized spacial score (nSPS) is 19.8. The van der Waals surface area contributed by atoms with Crippen LogP contribution in [0.2, 0.25) is 0 Å². The highest BCUT2D eigenvalue weighted by molar-refractivity contribution is 4.90. The molecule has 1 N–H and O–H groups in total. The summed E-state index contributed by atoms with van der Waals surface area (Å²) in [5.74, 6) is -13.0. The van der Waals surface area contributed by atoms with Crippen molar-refractivity contribution in [2.24, 2.45) is 0 Å². The molecule has 0 aromatic carbocycles. The number of alkyl halides is 13. The van der Waals surface area contributed by atoms with E-state index in [1.807, 2.05) is 0 Å². The SMILES string of the molecule is OCCC(F)(OC(F)(F)C(F)(OC(F)(F)F)C(F)(F)F)C(F)(F)F. The molecule has 0 heterocycles. The minimum absolute atomic E-state index is 1.53. The fourth-order valence-electron chi connectivity index (χ4n) is 1.10. The van der Waals surface area contributed by atoms with E-state index in [9.17, 15) is 57.1 Å². The molecule has 0 aliphatic rings. The van der Waals surface area contributed by atoms with Gasteiger partial charge in [-0.15, -0.1) is 13.2 Å². The average Bonchev–Trinajstić information content (AvgIpc) is 2.22. The van der Waals surface area contributed by atoms with Gasteiger partial charge in [0.25, 0.3) is 0 Å². The molecule has 0 saturated heterocycles. The second-order valence-electron chi connectivity index (χ2n) is 3.96. The highest BCUT2D eigenvalue weighted by atomic mass is 19.4. The maximum atomic E-state index is 13.3. The Morgan fingerprint density at radius 3 is 1.29 bits per heavy atom. The van der Waals surface area contributed by atoms with Gasteiger partial charge in [0.05, 0.1) is 0 Å². The minimum Gasteiger partial charge on any atom is -0.396 e. The van der Waals surface area contributed by atoms with Crippen molar-refractivity contribution < 1.29 is 71.7 Å². The molecule has 146 valence electrons. The van der Waals surface area contributed by atoms with Crippen molar-refractivity contribution in [3.63, 3.8) is 0 Å². The van der Waals surface area contributed by atoms with Gasteiger partial charge in [-0.2, -0.15) is 39.5 Å². The predicted molar refractivity (Wildman–Crippen MR) is 44.7 cm³/mol. The molecule has 0 saturated carbocycles. The molecule has 0 aliphatic heterocycles. The molecule has 0 amide bonds. The third kappa shape index (κ3) is 4.75. The molecule has 0 aromatic rings. The Morgan fingerprint density at radius 2 is 1.04 bits per heavy atom. The highest BCUT2D eigenvalue weighted by Gasteiger charge is 2.80. The van der Waals surface area contributed by atoms with Crippen molar-refractivity contribution in [3.8, 4) is 0 Å². The zero-order valence-corrected chi connectivity index (χ0v) is 10.6. The Kier molecular flexibility index (Phi) is 6.09. The van der Waals surface area contributed by atoms with Crippen LogP contribution < -0.4 is 0 Å². The number of hydrogen-bond acceptors (Lipinski definition) is 3. The van der Waals surface area contributed by atoms with Crippen LogP contribution in [0.15, 0.2) is 0 Å². The summed E-state index contributed by atoms with van der Waals surface area (Å²) < 4.78 is 165. The molecule has 0 aliphatic carbocycles. The van der Waals surface area contributed by atoms with Crippen molar-refractivity contribution in [2.75, 3.05) is 6.61 Å². The van der Waals surface area contributed by atoms with Crippen molar-refractivity contribution in [1.82, 2.24) is 0 Å². The molecule has 24 heavy (non-hydrogen) atoms. The topological polar surface area (TPSA) is 38.7 Å². The van der Waals surface area contributed by atoms with E-state index in [1.54, 1.807) is 0 Å². The van der Waals surface area contributed by atoms with Crippen LogP contribution in [0.5, 0.6) is 0 Å². The first-order chi connectivity index (χ1) is 10.2. The molecule has 2 atom stereocenters. The van der Waals surface area contributed by atoms with Gasteiger partial charge >= 0.3 is 36.5 Å². The Bertz CT molecular complexity index is 426. The molecule has 2 unspecified atom stereocenters. The zero-order chi connectivity index (χ0) is 19.8. The number of ether oxygens (including phenoxy) is 2. The Morgan fingerprint density at radius 1 is 0.625 bits per heavy atom. The molecule has 0 fully saturated rings. The van der Waals surface area contributed by atoms with Gasteiger partial charge in [-0.05, 0) is 0 Å². The van der Waals surface area contributed by atoms with Gasteiger partial charge in [0.1, 0.15) is 0 Å². The third-order valence-electron chi connectivity index (χ3n) is 2.14. The van der Waals surface area contributed by atoms with Crippen molar-refractivity contribution >= 4 is 0 Å². The van der Waals surface area contributed by atoms with E-state index in [0.717, 1.165) is 0 Å². The molecule has 0 spiro atoms. The van der Waals surface area contributed by atoms with Crippen LogP contribution in [0.25, 0.3) is 0 Å². The van der Waals surface area contributed by atoms with E-state index in [2.05, 4.69) is 4.74 Å². The molecular weight excluding hydrogens is 391 g/mol. The summed E-state index contributed by atoms with van der Waals surface area (Å²) in [4.78, 5) is 0. The highest BCUT2D eigenvalue weighted by Crippen LogP contribution is 2.53. The van der Waals surface area contributed by atoms with Crippen LogP contribution in [-0.2, 0) is 9.47 Å². The van der Waals surface area contributed by atoms with Crippen LogP contribution in [0.4, 0.5) is 57.1 Å². The monoisotopic (exact) mass is 396 g/mol. The van der Waals surface area contributed by atoms with Crippen molar-refractivity contribution in [2.45, 2.75) is 43.0 Å². The molecule has 0 rings (SSSR count). The van der Waals surface area contributed by atoms with Crippen molar-refractivity contribution in [1.29, 1.82) is 0 Å². The predicted octanol–water partition coefficient (Wildman–Crippen LogP) is 3.97. The van der Waals surface area contributed by atoms with Gasteiger partial charge in [0, 0.05) is 13.0 Å². The lowest BCUT2D eigenvalue weighted by molar-refractivity contribution is -0.544. The van der Waals surface area contributed by atoms with Crippen LogP contribution in [-0.4, -0.2) is 48.2 Å². The van der Waals surface area contributed by atoms with Gasteiger partial charge in [0.2, 0.25) is 0 Å². The van der Waals surface area contributed by atoms with Crippen LogP contribution >= 0.6 is 0 Å². The van der Waals surface area contributed by atoms with E-state index in [1.165, 1.54) is 4.74 Å². The summed E-state index contributed by atoms with van der Waals surface area (Å²) in [6.45, 7) is -1.95. The van der Waals surface area contributed by atoms with Crippen LogP contribution in [0.3, 0.4) is 0 Å². The second kappa shape index (κ2) is 6.36. The Balaban J connectivity index is 6.03. The van der Waals surface area contributed by atoms with Crippen LogP contribution in [0, 0.1) is 0 Å². The Labute approximate surface area is 122 Å². The van der Waals surface area contributed by atoms with Crippen LogP contribution in [0.1, 0.15) is 6.42 Å². The smallest absolute Gasteiger partial charge is 0.396 e. The number of rotatable bonds is 6. The quantitative estimate of drug-likeness (QED) is 0.691. The lowest BCUT2D eigenvalue weighted by Gasteiger charge is -2.38. The molecule has 3 nitrogen and oxygen atoms in total. The fraction of sp³-hybridized carbons (Fsp3) is 1.00. The summed E-state index contributed by atoms with van der Waals surface area (Å²) in [5.41, 5.74) is 0. The van der Waals surface area contributed by atoms with Gasteiger partial charge in [-0.1, -0.05) is 0 Å². The van der Waals surface area contributed by atoms with E-state index in [4.69, 9.17) is 5.11 Å². The zero-order valence-electron chi connectivity index (χ0n) is 10.6. The molecule has 0 aromatic heterocycles. The summed E-state index contributed by atoms with van der Waals surface area (Å²) in [6.07, 6.45) is -30.3. The van der Waals surface area contributed by atoms with Gasteiger partial charge in [0.15, 0.2) is 0 Å². The lowest BCUT2D eigenvalue weighted by atomic mass is 10.2. The van der Waals surface area contributed by atoms with Crippen molar-refractivity contribution in [3.05, 3.63) is 0 Å². The minimum atomic E-state index is -7.29. The molecule has 16 heteroatoms. The van der Waals surface area contributed by atoms with Gasteiger partial charge in [-0.25, -0.2) is 9.13 Å². The summed E-state index contributed by atoms with van der Waals surface area (Å²) in [6, 6.07) is 0. The first-order valence-corrected chi connectivity index (χ1v) is 5.19. The summed E-state index contributed by atoms with van der Waals surface area (Å²) in [7, 11) is 0. The first kappa shape index (κ1) is 23.0. The summed E-state index contributed by atoms with van der Waals surface area (Å²) in [5, 5.41) is 8.12.